The van der Waals surface area contributed by atoms with Crippen molar-refractivity contribution < 1.29 is 19.5 Å². The molecule has 34 heavy (non-hydrogen) atoms. The maximum Gasteiger partial charge on any atom is 0.327 e. The molecule has 2 aromatic carbocycles. The molecule has 0 spiro atoms. The van der Waals surface area contributed by atoms with Gasteiger partial charge in [0.05, 0.1) is 0 Å². The van der Waals surface area contributed by atoms with Crippen LogP contribution in [0.1, 0.15) is 55.1 Å². The Morgan fingerprint density at radius 2 is 1.71 bits per heavy atom. The second kappa shape index (κ2) is 14.1. The number of carbonyl (C=O) groups excluding carboxylic acids is 2. The Kier molecular flexibility index (Phi) is 11.2. The van der Waals surface area contributed by atoms with Crippen molar-refractivity contribution in [1.29, 1.82) is 0 Å². The van der Waals surface area contributed by atoms with E-state index >= 15 is 0 Å². The topological polar surface area (TPSA) is 86.7 Å². The summed E-state index contributed by atoms with van der Waals surface area (Å²) in [6.45, 7) is 6.24. The quantitative estimate of drug-likeness (QED) is 0.374. The van der Waals surface area contributed by atoms with Crippen LogP contribution in [-0.2, 0) is 4.79 Å². The summed E-state index contributed by atoms with van der Waals surface area (Å²) in [5.41, 5.74) is 1.83. The van der Waals surface area contributed by atoms with E-state index in [-0.39, 0.29) is 12.3 Å². The first-order valence-electron chi connectivity index (χ1n) is 11.4. The Labute approximate surface area is 206 Å². The van der Waals surface area contributed by atoms with Crippen LogP contribution in [0.4, 0.5) is 4.79 Å². The third-order valence-corrected chi connectivity index (χ3v) is 5.99. The highest BCUT2D eigenvalue weighted by atomic mass is 32.2. The number of hydrogen-bond acceptors (Lipinski definition) is 4. The van der Waals surface area contributed by atoms with E-state index in [9.17, 15) is 19.5 Å². The van der Waals surface area contributed by atoms with Gasteiger partial charge in [0.25, 0.3) is 5.91 Å². The molecule has 2 N–H and O–H groups in total. The SMILES string of the molecule is CCCN(C(=O)N[C@@H](CSCCC(C)C)C(=O)O)C(=O)c1cccc(C#Cc2ccccc2)c1. The second-order valence-electron chi connectivity index (χ2n) is 8.25. The van der Waals surface area contributed by atoms with Crippen molar-refractivity contribution in [3.8, 4) is 11.8 Å². The summed E-state index contributed by atoms with van der Waals surface area (Å²) in [6.07, 6.45) is 1.52. The van der Waals surface area contributed by atoms with Crippen LogP contribution in [0.25, 0.3) is 0 Å². The number of carbonyl (C=O) groups is 3. The average Bonchev–Trinajstić information content (AvgIpc) is 2.83. The van der Waals surface area contributed by atoms with E-state index in [2.05, 4.69) is 31.0 Å². The Hall–Kier alpha value is -3.24. The van der Waals surface area contributed by atoms with Gasteiger partial charge >= 0.3 is 12.0 Å². The zero-order valence-electron chi connectivity index (χ0n) is 19.9. The van der Waals surface area contributed by atoms with Crippen molar-refractivity contribution in [2.45, 2.75) is 39.7 Å². The first-order valence-corrected chi connectivity index (χ1v) is 12.6. The van der Waals surface area contributed by atoms with E-state index in [1.165, 1.54) is 11.8 Å². The molecule has 0 aliphatic rings. The van der Waals surface area contributed by atoms with Crippen molar-refractivity contribution in [3.05, 3.63) is 71.3 Å². The van der Waals surface area contributed by atoms with Crippen molar-refractivity contribution in [2.24, 2.45) is 5.92 Å². The van der Waals surface area contributed by atoms with Gasteiger partial charge in [0.2, 0.25) is 0 Å². The fourth-order valence-electron chi connectivity index (χ4n) is 2.99. The molecule has 0 saturated heterocycles. The van der Waals surface area contributed by atoms with Gasteiger partial charge in [-0.1, -0.05) is 56.9 Å². The number of urea groups is 1. The van der Waals surface area contributed by atoms with Gasteiger partial charge in [0, 0.05) is 29.0 Å². The van der Waals surface area contributed by atoms with Crippen molar-refractivity contribution in [2.75, 3.05) is 18.1 Å². The number of benzene rings is 2. The Bertz CT molecular complexity index is 1030. The minimum absolute atomic E-state index is 0.178. The van der Waals surface area contributed by atoms with Crippen LogP contribution in [-0.4, -0.2) is 52.0 Å². The molecule has 3 amide bonds. The third kappa shape index (κ3) is 8.95. The summed E-state index contributed by atoms with van der Waals surface area (Å²) in [5.74, 6) is 6.06. The van der Waals surface area contributed by atoms with Crippen LogP contribution in [0.5, 0.6) is 0 Å². The molecular formula is C27H32N2O4S. The van der Waals surface area contributed by atoms with Crippen LogP contribution in [0.3, 0.4) is 0 Å². The minimum atomic E-state index is -1.12. The lowest BCUT2D eigenvalue weighted by molar-refractivity contribution is -0.138. The minimum Gasteiger partial charge on any atom is -0.480 e. The molecule has 2 rings (SSSR count). The van der Waals surface area contributed by atoms with Crippen molar-refractivity contribution in [1.82, 2.24) is 10.2 Å². The molecule has 0 unspecified atom stereocenters. The van der Waals surface area contributed by atoms with E-state index in [1.807, 2.05) is 37.3 Å². The fraction of sp³-hybridized carbons (Fsp3) is 0.370. The maximum atomic E-state index is 13.2. The Morgan fingerprint density at radius 1 is 1.03 bits per heavy atom. The van der Waals surface area contributed by atoms with Gasteiger partial charge in [-0.25, -0.2) is 9.59 Å². The number of thioether (sulfide) groups is 1. The number of carboxylic acid groups (broad SMARTS) is 1. The molecule has 6 nitrogen and oxygen atoms in total. The van der Waals surface area contributed by atoms with Crippen LogP contribution in [0.2, 0.25) is 0 Å². The smallest absolute Gasteiger partial charge is 0.327 e. The Balaban J connectivity index is 2.12. The molecular weight excluding hydrogens is 448 g/mol. The highest BCUT2D eigenvalue weighted by Crippen LogP contribution is 2.12. The number of rotatable bonds is 10. The van der Waals surface area contributed by atoms with Gasteiger partial charge < -0.3 is 10.4 Å². The normalized spacial score (nSPS) is 11.3. The van der Waals surface area contributed by atoms with Gasteiger partial charge in [-0.15, -0.1) is 0 Å². The van der Waals surface area contributed by atoms with Crippen LogP contribution in [0.15, 0.2) is 54.6 Å². The monoisotopic (exact) mass is 480 g/mol. The first-order chi connectivity index (χ1) is 16.3. The number of carboxylic acids is 1. The van der Waals surface area contributed by atoms with E-state index in [4.69, 9.17) is 0 Å². The maximum absolute atomic E-state index is 13.2. The molecule has 180 valence electrons. The molecule has 2 aromatic rings. The van der Waals surface area contributed by atoms with E-state index in [0.29, 0.717) is 23.5 Å². The molecule has 0 radical (unpaired) electrons. The van der Waals surface area contributed by atoms with Crippen LogP contribution in [0, 0.1) is 17.8 Å². The number of aliphatic carboxylic acids is 1. The summed E-state index contributed by atoms with van der Waals surface area (Å²) in [4.78, 5) is 38.8. The predicted octanol–water partition coefficient (Wildman–Crippen LogP) is 4.88. The van der Waals surface area contributed by atoms with Crippen LogP contribution >= 0.6 is 11.8 Å². The number of amides is 3. The van der Waals surface area contributed by atoms with Gasteiger partial charge in [0.1, 0.15) is 6.04 Å². The summed E-state index contributed by atoms with van der Waals surface area (Å²) < 4.78 is 0. The second-order valence-corrected chi connectivity index (χ2v) is 9.40. The van der Waals surface area contributed by atoms with Gasteiger partial charge in [-0.2, -0.15) is 11.8 Å². The summed E-state index contributed by atoms with van der Waals surface area (Å²) >= 11 is 1.48. The lowest BCUT2D eigenvalue weighted by atomic mass is 10.1. The highest BCUT2D eigenvalue weighted by Gasteiger charge is 2.27. The van der Waals surface area contributed by atoms with Gasteiger partial charge in [0.15, 0.2) is 0 Å². The van der Waals surface area contributed by atoms with Gasteiger partial charge in [-0.3, -0.25) is 9.69 Å². The van der Waals surface area contributed by atoms with E-state index in [0.717, 1.165) is 22.6 Å². The van der Waals surface area contributed by atoms with Crippen LogP contribution < -0.4 is 5.32 Å². The molecule has 0 fully saturated rings. The van der Waals surface area contributed by atoms with Gasteiger partial charge in [-0.05, 0) is 54.8 Å². The molecule has 0 aromatic heterocycles. The molecule has 0 aliphatic heterocycles. The van der Waals surface area contributed by atoms with E-state index < -0.39 is 23.9 Å². The summed E-state index contributed by atoms with van der Waals surface area (Å²) in [5, 5.41) is 12.1. The number of hydrogen-bond donors (Lipinski definition) is 2. The molecule has 1 atom stereocenters. The zero-order chi connectivity index (χ0) is 24.9. The number of nitrogens with zero attached hydrogens (tertiary/aromatic N) is 1. The molecule has 0 aliphatic carbocycles. The van der Waals surface area contributed by atoms with Crippen molar-refractivity contribution >= 4 is 29.7 Å². The summed E-state index contributed by atoms with van der Waals surface area (Å²) in [6, 6.07) is 14.5. The number of nitrogens with one attached hydrogen (secondary N) is 1. The lowest BCUT2D eigenvalue weighted by Gasteiger charge is -2.23. The first kappa shape index (κ1) is 27.0. The standard InChI is InChI=1S/C27H32N2O4S/c1-4-16-29(27(33)28-24(26(31)32)19-34-17-15-20(2)3)25(30)23-12-8-11-22(18-23)14-13-21-9-6-5-7-10-21/h5-12,18,20,24H,4,15-17,19H2,1-3H3,(H,28,33)(H,31,32)/t24-/m0/s1. The third-order valence-electron chi connectivity index (χ3n) is 4.89. The lowest BCUT2D eigenvalue weighted by Crippen LogP contribution is -2.51. The predicted molar refractivity (Wildman–Crippen MR) is 137 cm³/mol. The van der Waals surface area contributed by atoms with E-state index in [1.54, 1.807) is 24.3 Å². The average molecular weight is 481 g/mol. The Morgan fingerprint density at radius 3 is 2.35 bits per heavy atom. The number of imide groups is 1. The highest BCUT2D eigenvalue weighted by molar-refractivity contribution is 7.99. The largest absolute Gasteiger partial charge is 0.480 e. The molecule has 7 heteroatoms. The fourth-order valence-corrected chi connectivity index (χ4v) is 4.26. The molecule has 0 heterocycles. The summed E-state index contributed by atoms with van der Waals surface area (Å²) in [7, 11) is 0. The zero-order valence-corrected chi connectivity index (χ0v) is 20.7. The van der Waals surface area contributed by atoms with Crippen molar-refractivity contribution in [3.63, 3.8) is 0 Å². The molecule has 0 saturated carbocycles. The molecule has 0 bridgehead atoms.